The fourth-order valence-electron chi connectivity index (χ4n) is 3.70. The number of hydrogen-bond acceptors (Lipinski definition) is 6. The van der Waals surface area contributed by atoms with Gasteiger partial charge in [-0.1, -0.05) is 17.7 Å². The molecule has 0 radical (unpaired) electrons. The molecule has 4 rings (SSSR count). The molecule has 0 unspecified atom stereocenters. The molecule has 2 heterocycles. The van der Waals surface area contributed by atoms with Gasteiger partial charge in [-0.05, 0) is 60.0 Å². The lowest BCUT2D eigenvalue weighted by molar-refractivity contribution is -0.132. The largest absolute Gasteiger partial charge is 0.336 e. The van der Waals surface area contributed by atoms with Crippen molar-refractivity contribution in [3.63, 3.8) is 0 Å². The Labute approximate surface area is 216 Å². The van der Waals surface area contributed by atoms with Gasteiger partial charge in [0.25, 0.3) is 17.7 Å². The van der Waals surface area contributed by atoms with Crippen molar-refractivity contribution < 1.29 is 27.2 Å². The van der Waals surface area contributed by atoms with E-state index in [9.17, 15) is 27.2 Å². The van der Waals surface area contributed by atoms with Crippen LogP contribution < -0.4 is 5.32 Å². The summed E-state index contributed by atoms with van der Waals surface area (Å²) in [5, 5.41) is 2.49. The second-order valence-electron chi connectivity index (χ2n) is 7.95. The zero-order valence-electron chi connectivity index (χ0n) is 18.8. The van der Waals surface area contributed by atoms with E-state index in [2.05, 4.69) is 5.32 Å². The highest BCUT2D eigenvalue weighted by Crippen LogP contribution is 2.21. The average molecular weight is 550 g/mol. The van der Waals surface area contributed by atoms with Crippen molar-refractivity contribution in [1.29, 1.82) is 0 Å². The van der Waals surface area contributed by atoms with E-state index >= 15 is 0 Å². The zero-order valence-corrected chi connectivity index (χ0v) is 21.2. The standard InChI is InChI=1S/C24H21ClFN3O5S2/c25-17-5-9-19(10-6-17)36(33,34)22(27-21(30)20-2-1-15-35-20)24(32)29-13-11-28(12-14-29)23(31)16-3-7-18(26)8-4-16/h1-10,15,22H,11-14H2,(H,27,30)/t22-/m0/s1. The third-order valence-electron chi connectivity index (χ3n) is 5.65. The minimum atomic E-state index is -4.32. The molecule has 12 heteroatoms. The van der Waals surface area contributed by atoms with Crippen LogP contribution >= 0.6 is 22.9 Å². The first-order valence-corrected chi connectivity index (χ1v) is 13.6. The molecule has 1 aromatic heterocycles. The van der Waals surface area contributed by atoms with Crippen LogP contribution in [0.3, 0.4) is 0 Å². The molecule has 1 aliphatic heterocycles. The molecule has 1 atom stereocenters. The topological polar surface area (TPSA) is 104 Å². The number of sulfone groups is 1. The van der Waals surface area contributed by atoms with E-state index < -0.39 is 32.8 Å². The van der Waals surface area contributed by atoms with E-state index in [1.807, 2.05) is 0 Å². The molecular weight excluding hydrogens is 529 g/mol. The van der Waals surface area contributed by atoms with Gasteiger partial charge < -0.3 is 15.1 Å². The summed E-state index contributed by atoms with van der Waals surface area (Å²) >= 11 is 6.99. The summed E-state index contributed by atoms with van der Waals surface area (Å²) in [5.74, 6) is -2.27. The number of benzene rings is 2. The van der Waals surface area contributed by atoms with Gasteiger partial charge in [0.05, 0.1) is 9.77 Å². The molecule has 0 spiro atoms. The summed E-state index contributed by atoms with van der Waals surface area (Å²) in [6, 6.07) is 13.6. The van der Waals surface area contributed by atoms with Gasteiger partial charge in [0.2, 0.25) is 15.2 Å². The lowest BCUT2D eigenvalue weighted by atomic mass is 10.1. The summed E-state index contributed by atoms with van der Waals surface area (Å²) in [5.41, 5.74) is 0.308. The quantitative estimate of drug-likeness (QED) is 0.509. The smallest absolute Gasteiger partial charge is 0.262 e. The van der Waals surface area contributed by atoms with Gasteiger partial charge >= 0.3 is 0 Å². The van der Waals surface area contributed by atoms with Crippen molar-refractivity contribution in [1.82, 2.24) is 15.1 Å². The Morgan fingerprint density at radius 2 is 1.53 bits per heavy atom. The Hall–Kier alpha value is -3.28. The average Bonchev–Trinajstić information content (AvgIpc) is 3.42. The lowest BCUT2D eigenvalue weighted by Crippen LogP contribution is -2.57. The monoisotopic (exact) mass is 549 g/mol. The SMILES string of the molecule is O=C(N[C@H](C(=O)N1CCN(C(=O)c2ccc(F)cc2)CC1)S(=O)(=O)c1ccc(Cl)cc1)c1cccs1. The van der Waals surface area contributed by atoms with Crippen LogP contribution in [0, 0.1) is 5.82 Å². The molecule has 0 aliphatic carbocycles. The Balaban J connectivity index is 1.53. The molecule has 1 aliphatic rings. The maximum absolute atomic E-state index is 13.4. The number of carbonyl (C=O) groups excluding carboxylic acids is 3. The molecule has 2 aromatic carbocycles. The highest BCUT2D eigenvalue weighted by Gasteiger charge is 2.39. The van der Waals surface area contributed by atoms with Crippen LogP contribution in [0.25, 0.3) is 0 Å². The Bertz CT molecular complexity index is 1360. The van der Waals surface area contributed by atoms with Crippen LogP contribution in [0.5, 0.6) is 0 Å². The molecule has 8 nitrogen and oxygen atoms in total. The molecule has 1 fully saturated rings. The Morgan fingerprint density at radius 3 is 2.11 bits per heavy atom. The van der Waals surface area contributed by atoms with Gasteiger partial charge in [0.1, 0.15) is 5.82 Å². The van der Waals surface area contributed by atoms with Crippen LogP contribution in [0.2, 0.25) is 5.02 Å². The number of carbonyl (C=O) groups is 3. The third kappa shape index (κ3) is 5.58. The van der Waals surface area contributed by atoms with E-state index in [1.165, 1.54) is 64.4 Å². The van der Waals surface area contributed by atoms with Crippen molar-refractivity contribution in [3.8, 4) is 0 Å². The summed E-state index contributed by atoms with van der Waals surface area (Å²) in [6.07, 6.45) is 0. The fraction of sp³-hybridized carbons (Fsp3) is 0.208. The molecule has 0 bridgehead atoms. The first kappa shape index (κ1) is 25.8. The number of nitrogens with zero attached hydrogens (tertiary/aromatic N) is 2. The second kappa shape index (κ2) is 10.8. The van der Waals surface area contributed by atoms with Crippen LogP contribution in [-0.4, -0.2) is 67.5 Å². The Morgan fingerprint density at radius 1 is 0.917 bits per heavy atom. The number of thiophene rings is 1. The molecule has 1 saturated heterocycles. The van der Waals surface area contributed by atoms with E-state index in [-0.39, 0.29) is 41.9 Å². The number of piperazine rings is 1. The minimum absolute atomic E-state index is 0.0628. The summed E-state index contributed by atoms with van der Waals surface area (Å²) < 4.78 is 40.0. The van der Waals surface area contributed by atoms with E-state index in [0.29, 0.717) is 10.6 Å². The van der Waals surface area contributed by atoms with Crippen molar-refractivity contribution in [2.24, 2.45) is 0 Å². The van der Waals surface area contributed by atoms with Crippen LogP contribution in [0.4, 0.5) is 4.39 Å². The number of nitrogens with one attached hydrogen (secondary N) is 1. The highest BCUT2D eigenvalue weighted by atomic mass is 35.5. The third-order valence-corrected chi connectivity index (χ3v) is 8.64. The fourth-order valence-corrected chi connectivity index (χ4v) is 5.92. The predicted molar refractivity (Wildman–Crippen MR) is 133 cm³/mol. The van der Waals surface area contributed by atoms with Gasteiger partial charge in [0.15, 0.2) is 0 Å². The van der Waals surface area contributed by atoms with Crippen LogP contribution in [-0.2, 0) is 14.6 Å². The molecule has 3 aromatic rings. The van der Waals surface area contributed by atoms with Gasteiger partial charge in [-0.2, -0.15) is 0 Å². The molecule has 3 amide bonds. The first-order valence-electron chi connectivity index (χ1n) is 10.8. The lowest BCUT2D eigenvalue weighted by Gasteiger charge is -2.36. The molecule has 1 N–H and O–H groups in total. The van der Waals surface area contributed by atoms with Gasteiger partial charge in [-0.15, -0.1) is 11.3 Å². The summed E-state index contributed by atoms with van der Waals surface area (Å²) in [4.78, 5) is 41.8. The second-order valence-corrected chi connectivity index (χ2v) is 11.4. The van der Waals surface area contributed by atoms with Gasteiger partial charge in [-0.3, -0.25) is 14.4 Å². The highest BCUT2D eigenvalue weighted by molar-refractivity contribution is 7.92. The van der Waals surface area contributed by atoms with E-state index in [1.54, 1.807) is 11.4 Å². The van der Waals surface area contributed by atoms with Gasteiger partial charge in [0, 0.05) is 36.8 Å². The molecule has 0 saturated carbocycles. The molecule has 36 heavy (non-hydrogen) atoms. The van der Waals surface area contributed by atoms with Crippen LogP contribution in [0.1, 0.15) is 20.0 Å². The number of halogens is 2. The van der Waals surface area contributed by atoms with Gasteiger partial charge in [-0.25, -0.2) is 12.8 Å². The number of hydrogen-bond donors (Lipinski definition) is 1. The Kier molecular flexibility index (Phi) is 7.72. The van der Waals surface area contributed by atoms with E-state index in [0.717, 1.165) is 11.3 Å². The predicted octanol–water partition coefficient (Wildman–Crippen LogP) is 3.06. The van der Waals surface area contributed by atoms with Crippen molar-refractivity contribution in [3.05, 3.63) is 87.3 Å². The zero-order chi connectivity index (χ0) is 25.9. The van der Waals surface area contributed by atoms with Crippen molar-refractivity contribution >= 4 is 50.5 Å². The van der Waals surface area contributed by atoms with Crippen molar-refractivity contribution in [2.45, 2.75) is 10.3 Å². The van der Waals surface area contributed by atoms with Crippen LogP contribution in [0.15, 0.2) is 70.9 Å². The summed E-state index contributed by atoms with van der Waals surface area (Å²) in [6.45, 7) is 0.420. The first-order chi connectivity index (χ1) is 17.2. The van der Waals surface area contributed by atoms with Crippen molar-refractivity contribution in [2.75, 3.05) is 26.2 Å². The number of amides is 3. The minimum Gasteiger partial charge on any atom is -0.336 e. The summed E-state index contributed by atoms with van der Waals surface area (Å²) in [7, 11) is -4.32. The normalized spacial score (nSPS) is 14.8. The molecular formula is C24H21ClFN3O5S2. The van der Waals surface area contributed by atoms with E-state index in [4.69, 9.17) is 11.6 Å². The molecule has 188 valence electrons. The maximum atomic E-state index is 13.4. The maximum Gasteiger partial charge on any atom is 0.262 e. The number of rotatable bonds is 6.